The lowest BCUT2D eigenvalue weighted by Crippen LogP contribution is -2.07. The van der Waals surface area contributed by atoms with Gasteiger partial charge in [0.05, 0.1) is 11.9 Å². The number of benzene rings is 1. The smallest absolute Gasteiger partial charge is 0.247 e. The third-order valence-corrected chi connectivity index (χ3v) is 5.14. The first-order chi connectivity index (χ1) is 17.0. The number of anilines is 2. The number of nitrogens with one attached hydrogen (secondary N) is 2. The monoisotopic (exact) mass is 467 g/mol. The summed E-state index contributed by atoms with van der Waals surface area (Å²) in [4.78, 5) is 32.3. The number of hydrogen-bond donors (Lipinski definition) is 3. The molecule has 0 fully saturated rings. The first kappa shape index (κ1) is 21.8. The number of nitrogens with zero attached hydrogens (tertiary/aromatic N) is 6. The summed E-state index contributed by atoms with van der Waals surface area (Å²) < 4.78 is 7.67. The molecule has 0 unspecified atom stereocenters. The van der Waals surface area contributed by atoms with E-state index < -0.39 is 0 Å². The predicted octanol–water partition coefficient (Wildman–Crippen LogP) is 3.47. The molecule has 5 aromatic rings. The van der Waals surface area contributed by atoms with Crippen molar-refractivity contribution in [1.82, 2.24) is 34.7 Å². The number of nitrogen functional groups attached to an aromatic ring is 1. The number of rotatable bonds is 7. The Kier molecular flexibility index (Phi) is 5.63. The number of aromatic nitrogens is 7. The highest BCUT2D eigenvalue weighted by atomic mass is 16.5. The molecule has 1 amide bonds. The quantitative estimate of drug-likeness (QED) is 0.308. The van der Waals surface area contributed by atoms with Gasteiger partial charge in [-0.05, 0) is 31.2 Å². The zero-order valence-electron chi connectivity index (χ0n) is 18.8. The largest absolute Gasteiger partial charge is 0.437 e. The van der Waals surface area contributed by atoms with Crippen molar-refractivity contribution >= 4 is 28.6 Å². The summed E-state index contributed by atoms with van der Waals surface area (Å²) in [6.07, 6.45) is 8.10. The van der Waals surface area contributed by atoms with E-state index in [1.807, 2.05) is 19.3 Å². The fraction of sp³-hybridized carbons (Fsp3) is 0.0833. The Balaban J connectivity index is 1.42. The third-order valence-electron chi connectivity index (χ3n) is 5.14. The first-order valence-electron chi connectivity index (χ1n) is 10.7. The number of ether oxygens (including phenoxy) is 1. The molecule has 174 valence electrons. The highest BCUT2D eigenvalue weighted by Crippen LogP contribution is 2.31. The maximum atomic E-state index is 11.6. The molecule has 0 spiro atoms. The summed E-state index contributed by atoms with van der Waals surface area (Å²) in [5.74, 6) is 1.48. The van der Waals surface area contributed by atoms with Crippen LogP contribution >= 0.6 is 0 Å². The van der Waals surface area contributed by atoms with Gasteiger partial charge in [-0.1, -0.05) is 12.6 Å². The fourth-order valence-corrected chi connectivity index (χ4v) is 3.58. The summed E-state index contributed by atoms with van der Waals surface area (Å²) in [6.45, 7) is 5.75. The Bertz CT molecular complexity index is 1550. The molecule has 11 nitrogen and oxygen atoms in total. The van der Waals surface area contributed by atoms with Gasteiger partial charge in [0.1, 0.15) is 23.6 Å². The zero-order valence-corrected chi connectivity index (χ0v) is 18.8. The fourth-order valence-electron chi connectivity index (χ4n) is 3.58. The molecule has 5 rings (SSSR count). The second kappa shape index (κ2) is 9.06. The van der Waals surface area contributed by atoms with Crippen molar-refractivity contribution in [2.75, 3.05) is 11.1 Å². The van der Waals surface area contributed by atoms with Crippen LogP contribution in [0.3, 0.4) is 0 Å². The van der Waals surface area contributed by atoms with Gasteiger partial charge in [-0.2, -0.15) is 5.10 Å². The van der Waals surface area contributed by atoms with Crippen LogP contribution in [0.1, 0.15) is 11.5 Å². The van der Waals surface area contributed by atoms with Gasteiger partial charge in [-0.3, -0.25) is 9.48 Å². The van der Waals surface area contributed by atoms with Crippen LogP contribution in [-0.4, -0.2) is 40.6 Å². The van der Waals surface area contributed by atoms with E-state index in [1.54, 1.807) is 41.2 Å². The number of amides is 1. The summed E-state index contributed by atoms with van der Waals surface area (Å²) in [5.41, 5.74) is 10.1. The van der Waals surface area contributed by atoms with Crippen LogP contribution in [0.5, 0.6) is 11.6 Å². The summed E-state index contributed by atoms with van der Waals surface area (Å²) in [6, 6.07) is 8.62. The summed E-state index contributed by atoms with van der Waals surface area (Å²) in [5, 5.41) is 7.29. The van der Waals surface area contributed by atoms with Gasteiger partial charge < -0.3 is 20.8 Å². The zero-order chi connectivity index (χ0) is 24.4. The Morgan fingerprint density at radius 2 is 2.14 bits per heavy atom. The lowest BCUT2D eigenvalue weighted by molar-refractivity contribution is -0.111. The van der Waals surface area contributed by atoms with E-state index in [0.717, 1.165) is 16.8 Å². The van der Waals surface area contributed by atoms with Gasteiger partial charge in [0.25, 0.3) is 0 Å². The highest BCUT2D eigenvalue weighted by molar-refractivity contribution is 5.99. The topological polar surface area (TPSA) is 150 Å². The van der Waals surface area contributed by atoms with Gasteiger partial charge in [0.2, 0.25) is 11.8 Å². The number of H-pyrrole nitrogens is 1. The summed E-state index contributed by atoms with van der Waals surface area (Å²) >= 11 is 0. The van der Waals surface area contributed by atoms with Crippen LogP contribution in [0.25, 0.3) is 22.3 Å². The van der Waals surface area contributed by atoms with E-state index in [-0.39, 0.29) is 5.91 Å². The van der Waals surface area contributed by atoms with Crippen LogP contribution in [0, 0.1) is 6.92 Å². The molecule has 0 bridgehead atoms. The van der Waals surface area contributed by atoms with Crippen molar-refractivity contribution in [3.63, 3.8) is 0 Å². The number of carbonyl (C=O) groups is 1. The van der Waals surface area contributed by atoms with Gasteiger partial charge in [-0.15, -0.1) is 0 Å². The molecule has 0 aliphatic rings. The van der Waals surface area contributed by atoms with Crippen LogP contribution in [0.2, 0.25) is 0 Å². The van der Waals surface area contributed by atoms with Crippen molar-refractivity contribution in [2.45, 2.75) is 13.5 Å². The molecular weight excluding hydrogens is 446 g/mol. The van der Waals surface area contributed by atoms with E-state index in [9.17, 15) is 4.79 Å². The average molecular weight is 467 g/mol. The number of aromatic amines is 1. The van der Waals surface area contributed by atoms with E-state index in [4.69, 9.17) is 10.5 Å². The van der Waals surface area contributed by atoms with Gasteiger partial charge in [0.15, 0.2) is 11.5 Å². The number of aryl methyl sites for hydroxylation is 1. The van der Waals surface area contributed by atoms with Gasteiger partial charge >= 0.3 is 0 Å². The van der Waals surface area contributed by atoms with Crippen molar-refractivity contribution in [3.05, 3.63) is 79.3 Å². The highest BCUT2D eigenvalue weighted by Gasteiger charge is 2.16. The van der Waals surface area contributed by atoms with Crippen LogP contribution < -0.4 is 15.8 Å². The normalized spacial score (nSPS) is 10.9. The maximum absolute atomic E-state index is 11.6. The molecule has 0 saturated carbocycles. The number of nitrogens with two attached hydrogens (primary N) is 1. The Hall–Kier alpha value is -5.06. The van der Waals surface area contributed by atoms with Gasteiger partial charge in [0, 0.05) is 41.5 Å². The molecule has 0 saturated heterocycles. The molecule has 4 aromatic heterocycles. The molecule has 0 atom stereocenters. The molecule has 11 heteroatoms. The Morgan fingerprint density at radius 1 is 1.26 bits per heavy atom. The standard InChI is InChI=1S/C24H21N9O2/c1-3-21(34)29-15-5-4-6-16(9-15)35-22-11-28-24-23(31-22)17(10-27-24)18-12-33(32-14(18)2)13-20-26-8-7-19(25)30-20/h3-12H,1,13H2,2H3,(H,27,28)(H,29,34)(H2,25,26,30). The van der Waals surface area contributed by atoms with Crippen molar-refractivity contribution in [2.24, 2.45) is 0 Å². The molecule has 35 heavy (non-hydrogen) atoms. The minimum absolute atomic E-state index is 0.307. The van der Waals surface area contributed by atoms with Crippen molar-refractivity contribution in [3.8, 4) is 22.8 Å². The van der Waals surface area contributed by atoms with Crippen LogP contribution in [-0.2, 0) is 11.3 Å². The second-order valence-electron chi connectivity index (χ2n) is 7.65. The van der Waals surface area contributed by atoms with E-state index in [1.165, 1.54) is 12.3 Å². The molecule has 0 aliphatic carbocycles. The maximum Gasteiger partial charge on any atom is 0.247 e. The number of hydrogen-bond acceptors (Lipinski definition) is 8. The number of carbonyl (C=O) groups excluding carboxylic acids is 1. The molecule has 1 aromatic carbocycles. The van der Waals surface area contributed by atoms with Gasteiger partial charge in [-0.25, -0.2) is 19.9 Å². The second-order valence-corrected chi connectivity index (χ2v) is 7.65. The van der Waals surface area contributed by atoms with E-state index >= 15 is 0 Å². The van der Waals surface area contributed by atoms with E-state index in [2.05, 4.69) is 41.9 Å². The lowest BCUT2D eigenvalue weighted by Gasteiger charge is -2.07. The molecule has 4 heterocycles. The van der Waals surface area contributed by atoms with Crippen LogP contribution in [0.4, 0.5) is 11.5 Å². The van der Waals surface area contributed by atoms with Crippen molar-refractivity contribution < 1.29 is 9.53 Å². The molecular formula is C24H21N9O2. The minimum Gasteiger partial charge on any atom is -0.437 e. The minimum atomic E-state index is -0.307. The van der Waals surface area contributed by atoms with E-state index in [0.29, 0.717) is 46.7 Å². The average Bonchev–Trinajstić information content (AvgIpc) is 3.41. The molecule has 0 radical (unpaired) electrons. The predicted molar refractivity (Wildman–Crippen MR) is 131 cm³/mol. The van der Waals surface area contributed by atoms with Crippen molar-refractivity contribution in [1.29, 1.82) is 0 Å². The SMILES string of the molecule is C=CC(=O)Nc1cccc(Oc2cnc3[nH]cc(-c4cn(Cc5nccc(N)n5)nc4C)c3n2)c1. The first-order valence-corrected chi connectivity index (χ1v) is 10.7. The van der Waals surface area contributed by atoms with Crippen LogP contribution in [0.15, 0.2) is 67.8 Å². The Morgan fingerprint density at radius 3 is 2.97 bits per heavy atom. The number of fused-ring (bicyclic) bond motifs is 1. The summed E-state index contributed by atoms with van der Waals surface area (Å²) in [7, 11) is 0. The lowest BCUT2D eigenvalue weighted by atomic mass is 10.1. The molecule has 0 aliphatic heterocycles. The molecule has 4 N–H and O–H groups in total. The Labute approximate surface area is 199 Å². The third kappa shape index (κ3) is 4.69.